The average molecular weight is 332 g/mol. The molecule has 3 rings (SSSR count). The highest BCUT2D eigenvalue weighted by molar-refractivity contribution is 6.32. The van der Waals surface area contributed by atoms with Gasteiger partial charge in [0, 0.05) is 5.69 Å². The summed E-state index contributed by atoms with van der Waals surface area (Å²) in [5.41, 5.74) is 1.65. The normalized spacial score (nSPS) is 10.7. The van der Waals surface area contributed by atoms with E-state index in [2.05, 4.69) is 15.3 Å². The number of hydrogen-bond acceptors (Lipinski definition) is 3. The topological polar surface area (TPSA) is 87.0 Å². The number of aromatic amines is 2. The predicted octanol–water partition coefficient (Wildman–Crippen LogP) is 2.92. The molecule has 1 aromatic heterocycles. The molecular weight excluding hydrogens is 318 g/mol. The molecule has 118 valence electrons. The number of H-pyrrole nitrogens is 2. The molecular formula is C16H14ClN3O3. The van der Waals surface area contributed by atoms with E-state index in [9.17, 15) is 9.59 Å². The Morgan fingerprint density at radius 3 is 2.74 bits per heavy atom. The highest BCUT2D eigenvalue weighted by atomic mass is 35.5. The first-order chi connectivity index (χ1) is 11.1. The number of halogens is 1. The quantitative estimate of drug-likeness (QED) is 0.671. The number of anilines is 1. The zero-order valence-corrected chi connectivity index (χ0v) is 12.8. The van der Waals surface area contributed by atoms with Crippen molar-refractivity contribution in [2.45, 2.75) is 6.42 Å². The lowest BCUT2D eigenvalue weighted by Crippen LogP contribution is -2.15. The summed E-state index contributed by atoms with van der Waals surface area (Å²) in [4.78, 5) is 28.4. The number of carbonyl (C=O) groups is 1. The van der Waals surface area contributed by atoms with Gasteiger partial charge in [0.15, 0.2) is 0 Å². The molecule has 0 bridgehead atoms. The van der Waals surface area contributed by atoms with Gasteiger partial charge in [-0.05, 0) is 30.3 Å². The van der Waals surface area contributed by atoms with Gasteiger partial charge in [0.25, 0.3) is 0 Å². The summed E-state index contributed by atoms with van der Waals surface area (Å²) in [6, 6.07) is 12.2. The first-order valence-corrected chi connectivity index (χ1v) is 7.39. The van der Waals surface area contributed by atoms with Crippen molar-refractivity contribution < 1.29 is 9.53 Å². The molecule has 1 heterocycles. The molecule has 0 aliphatic carbocycles. The zero-order valence-electron chi connectivity index (χ0n) is 12.1. The predicted molar refractivity (Wildman–Crippen MR) is 89.1 cm³/mol. The Morgan fingerprint density at radius 1 is 1.13 bits per heavy atom. The van der Waals surface area contributed by atoms with Crippen molar-refractivity contribution in [1.29, 1.82) is 0 Å². The van der Waals surface area contributed by atoms with Crippen LogP contribution in [0.4, 0.5) is 5.69 Å². The van der Waals surface area contributed by atoms with Gasteiger partial charge < -0.3 is 20.0 Å². The Labute approximate surface area is 136 Å². The van der Waals surface area contributed by atoms with Crippen molar-refractivity contribution in [3.8, 4) is 5.75 Å². The van der Waals surface area contributed by atoms with Crippen molar-refractivity contribution in [3.63, 3.8) is 0 Å². The fraction of sp³-hybridized carbons (Fsp3) is 0.125. The van der Waals surface area contributed by atoms with Gasteiger partial charge >= 0.3 is 5.69 Å². The highest BCUT2D eigenvalue weighted by Gasteiger charge is 2.06. The minimum Gasteiger partial charge on any atom is -0.491 e. The molecule has 3 N–H and O–H groups in total. The molecule has 0 aliphatic heterocycles. The van der Waals surface area contributed by atoms with E-state index in [-0.39, 0.29) is 24.6 Å². The largest absolute Gasteiger partial charge is 0.491 e. The van der Waals surface area contributed by atoms with Crippen LogP contribution >= 0.6 is 11.6 Å². The van der Waals surface area contributed by atoms with E-state index in [0.29, 0.717) is 27.5 Å². The van der Waals surface area contributed by atoms with Crippen LogP contribution in [0.1, 0.15) is 6.42 Å². The van der Waals surface area contributed by atoms with Crippen LogP contribution in [0.3, 0.4) is 0 Å². The van der Waals surface area contributed by atoms with E-state index in [1.54, 1.807) is 30.3 Å². The average Bonchev–Trinajstić information content (AvgIpc) is 2.88. The SMILES string of the molecule is O=C(CCOc1ccccc1Cl)Nc1ccc2[nH]c(=O)[nH]c2c1. The van der Waals surface area contributed by atoms with Gasteiger partial charge in [-0.1, -0.05) is 23.7 Å². The summed E-state index contributed by atoms with van der Waals surface area (Å²) in [6.45, 7) is 0.221. The molecule has 0 aliphatic rings. The van der Waals surface area contributed by atoms with Crippen LogP contribution in [0.25, 0.3) is 11.0 Å². The Balaban J connectivity index is 1.56. The number of amides is 1. The molecule has 0 radical (unpaired) electrons. The third-order valence-electron chi connectivity index (χ3n) is 3.22. The Morgan fingerprint density at radius 2 is 1.91 bits per heavy atom. The number of carbonyl (C=O) groups excluding carboxylic acids is 1. The van der Waals surface area contributed by atoms with Crippen molar-refractivity contribution in [2.75, 3.05) is 11.9 Å². The Hall–Kier alpha value is -2.73. The van der Waals surface area contributed by atoms with E-state index in [1.165, 1.54) is 0 Å². The lowest BCUT2D eigenvalue weighted by atomic mass is 10.2. The monoisotopic (exact) mass is 331 g/mol. The maximum atomic E-state index is 11.9. The van der Waals surface area contributed by atoms with Crippen LogP contribution in [0.2, 0.25) is 5.02 Å². The van der Waals surface area contributed by atoms with Gasteiger partial charge in [-0.25, -0.2) is 4.79 Å². The number of imidazole rings is 1. The summed E-state index contributed by atoms with van der Waals surface area (Å²) >= 11 is 5.97. The lowest BCUT2D eigenvalue weighted by Gasteiger charge is -2.08. The van der Waals surface area contributed by atoms with E-state index >= 15 is 0 Å². The minimum absolute atomic E-state index is 0.186. The second kappa shape index (κ2) is 6.58. The number of para-hydroxylation sites is 1. The smallest absolute Gasteiger partial charge is 0.323 e. The minimum atomic E-state index is -0.281. The number of aromatic nitrogens is 2. The van der Waals surface area contributed by atoms with Crippen molar-refractivity contribution >= 4 is 34.2 Å². The number of benzene rings is 2. The second-order valence-corrected chi connectivity index (χ2v) is 5.32. The molecule has 7 heteroatoms. The highest BCUT2D eigenvalue weighted by Crippen LogP contribution is 2.23. The van der Waals surface area contributed by atoms with Crippen LogP contribution < -0.4 is 15.7 Å². The van der Waals surface area contributed by atoms with E-state index in [0.717, 1.165) is 0 Å². The summed E-state index contributed by atoms with van der Waals surface area (Å²) in [5, 5.41) is 3.27. The van der Waals surface area contributed by atoms with Gasteiger partial charge in [0.1, 0.15) is 5.75 Å². The molecule has 0 unspecified atom stereocenters. The van der Waals surface area contributed by atoms with Crippen LogP contribution in [0.15, 0.2) is 47.3 Å². The number of fused-ring (bicyclic) bond motifs is 1. The molecule has 6 nitrogen and oxygen atoms in total. The van der Waals surface area contributed by atoms with E-state index in [1.807, 2.05) is 12.1 Å². The fourth-order valence-electron chi connectivity index (χ4n) is 2.15. The van der Waals surface area contributed by atoms with Gasteiger partial charge in [-0.2, -0.15) is 0 Å². The van der Waals surface area contributed by atoms with Crippen LogP contribution in [0.5, 0.6) is 5.75 Å². The Kier molecular flexibility index (Phi) is 4.34. The van der Waals surface area contributed by atoms with Crippen molar-refractivity contribution in [2.24, 2.45) is 0 Å². The molecule has 1 amide bonds. The van der Waals surface area contributed by atoms with Gasteiger partial charge in [-0.15, -0.1) is 0 Å². The molecule has 0 saturated heterocycles. The van der Waals surface area contributed by atoms with Crippen LogP contribution in [0, 0.1) is 0 Å². The number of nitrogens with one attached hydrogen (secondary N) is 3. The maximum Gasteiger partial charge on any atom is 0.323 e. The molecule has 0 fully saturated rings. The molecule has 3 aromatic rings. The second-order valence-electron chi connectivity index (χ2n) is 4.92. The molecule has 2 aromatic carbocycles. The third-order valence-corrected chi connectivity index (χ3v) is 3.54. The number of rotatable bonds is 5. The Bertz CT molecular complexity index is 901. The fourth-order valence-corrected chi connectivity index (χ4v) is 2.34. The summed E-state index contributed by atoms with van der Waals surface area (Å²) in [7, 11) is 0. The maximum absolute atomic E-state index is 11.9. The van der Waals surface area contributed by atoms with Gasteiger partial charge in [-0.3, -0.25) is 4.79 Å². The standard InChI is InChI=1S/C16H14ClN3O3/c17-11-3-1-2-4-14(11)23-8-7-15(21)18-10-5-6-12-13(9-10)20-16(22)19-12/h1-6,9H,7-8H2,(H,18,21)(H2,19,20,22). The lowest BCUT2D eigenvalue weighted by molar-refractivity contribution is -0.116. The first kappa shape index (κ1) is 15.2. The summed E-state index contributed by atoms with van der Waals surface area (Å²) < 4.78 is 5.47. The van der Waals surface area contributed by atoms with Crippen molar-refractivity contribution in [1.82, 2.24) is 9.97 Å². The van der Waals surface area contributed by atoms with Crippen LogP contribution in [-0.2, 0) is 4.79 Å². The van der Waals surface area contributed by atoms with Gasteiger partial charge in [0.05, 0.1) is 29.1 Å². The number of ether oxygens (including phenoxy) is 1. The summed E-state index contributed by atoms with van der Waals surface area (Å²) in [5.74, 6) is 0.363. The summed E-state index contributed by atoms with van der Waals surface area (Å²) in [6.07, 6.45) is 0.187. The van der Waals surface area contributed by atoms with E-state index < -0.39 is 0 Å². The molecule has 23 heavy (non-hydrogen) atoms. The zero-order chi connectivity index (χ0) is 16.2. The molecule has 0 spiro atoms. The molecule has 0 atom stereocenters. The third kappa shape index (κ3) is 3.73. The van der Waals surface area contributed by atoms with E-state index in [4.69, 9.17) is 16.3 Å². The first-order valence-electron chi connectivity index (χ1n) is 7.01. The van der Waals surface area contributed by atoms with Gasteiger partial charge in [0.2, 0.25) is 5.91 Å². The molecule has 0 saturated carbocycles. The number of hydrogen-bond donors (Lipinski definition) is 3. The van der Waals surface area contributed by atoms with Crippen molar-refractivity contribution in [3.05, 3.63) is 58.0 Å². The van der Waals surface area contributed by atoms with Crippen LogP contribution in [-0.4, -0.2) is 22.5 Å².